The Kier molecular flexibility index (Phi) is 4.36. The molecule has 1 unspecified atom stereocenters. The predicted molar refractivity (Wildman–Crippen MR) is 113 cm³/mol. The molecule has 0 bridgehead atoms. The van der Waals surface area contributed by atoms with Crippen LogP contribution in [0.2, 0.25) is 5.02 Å². The molecule has 3 aromatic heterocycles. The van der Waals surface area contributed by atoms with Gasteiger partial charge in [-0.1, -0.05) is 35.0 Å². The Bertz CT molecular complexity index is 1270. The van der Waals surface area contributed by atoms with Crippen LogP contribution in [0.1, 0.15) is 46.0 Å². The van der Waals surface area contributed by atoms with Crippen LogP contribution >= 0.6 is 11.6 Å². The molecule has 0 N–H and O–H groups in total. The third-order valence-electron chi connectivity index (χ3n) is 5.77. The predicted octanol–water partition coefficient (Wildman–Crippen LogP) is 4.41. The number of aromatic nitrogens is 4. The Morgan fingerprint density at radius 2 is 2.10 bits per heavy atom. The lowest BCUT2D eigenvalue weighted by atomic mass is 9.90. The topological polar surface area (TPSA) is 76.5 Å². The Balaban J connectivity index is 1.45. The van der Waals surface area contributed by atoms with E-state index in [1.54, 1.807) is 18.5 Å². The van der Waals surface area contributed by atoms with Crippen molar-refractivity contribution in [3.05, 3.63) is 70.0 Å². The lowest BCUT2D eigenvalue weighted by Crippen LogP contribution is -2.39. The summed E-state index contributed by atoms with van der Waals surface area (Å²) in [5.41, 5.74) is 6.38. The molecule has 5 rings (SSSR count). The molecule has 0 saturated carbocycles. The fourth-order valence-corrected chi connectivity index (χ4v) is 4.41. The molecule has 0 spiro atoms. The van der Waals surface area contributed by atoms with E-state index in [1.165, 1.54) is 10.1 Å². The van der Waals surface area contributed by atoms with Crippen LogP contribution in [0.4, 0.5) is 0 Å². The molecule has 0 fully saturated rings. The zero-order valence-corrected chi connectivity index (χ0v) is 17.6. The number of halogens is 1. The van der Waals surface area contributed by atoms with E-state index in [4.69, 9.17) is 16.1 Å². The van der Waals surface area contributed by atoms with Gasteiger partial charge in [-0.25, -0.2) is 9.50 Å². The van der Waals surface area contributed by atoms with E-state index in [9.17, 15) is 4.79 Å². The molecular formula is C22H20ClN5O2. The zero-order valence-electron chi connectivity index (χ0n) is 16.9. The van der Waals surface area contributed by atoms with Gasteiger partial charge in [0.05, 0.1) is 23.0 Å². The number of carbonyl (C=O) groups is 1. The monoisotopic (exact) mass is 421 g/mol. The first-order valence-electron chi connectivity index (χ1n) is 9.80. The normalized spacial score (nSPS) is 16.1. The minimum Gasteiger partial charge on any atom is -0.361 e. The molecule has 1 aliphatic rings. The van der Waals surface area contributed by atoms with Crippen LogP contribution in [0.25, 0.3) is 16.8 Å². The Morgan fingerprint density at radius 3 is 2.87 bits per heavy atom. The van der Waals surface area contributed by atoms with Gasteiger partial charge in [-0.15, -0.1) is 0 Å². The average Bonchev–Trinajstić information content (AvgIpc) is 3.30. The van der Waals surface area contributed by atoms with Gasteiger partial charge >= 0.3 is 0 Å². The fraction of sp³-hybridized carbons (Fsp3) is 0.273. The molecule has 7 nitrogen and oxygen atoms in total. The van der Waals surface area contributed by atoms with Crippen molar-refractivity contribution >= 4 is 23.2 Å². The third-order valence-corrected chi connectivity index (χ3v) is 5.96. The first kappa shape index (κ1) is 18.8. The minimum absolute atomic E-state index is 0.0543. The second-order valence-corrected chi connectivity index (χ2v) is 8.08. The molecule has 1 amide bonds. The molecule has 4 heterocycles. The smallest absolute Gasteiger partial charge is 0.274 e. The lowest BCUT2D eigenvalue weighted by molar-refractivity contribution is 0.0671. The maximum absolute atomic E-state index is 13.2. The van der Waals surface area contributed by atoms with E-state index in [-0.39, 0.29) is 11.9 Å². The van der Waals surface area contributed by atoms with Gasteiger partial charge in [-0.3, -0.25) is 4.79 Å². The van der Waals surface area contributed by atoms with Gasteiger partial charge < -0.3 is 9.42 Å². The van der Waals surface area contributed by atoms with Crippen molar-refractivity contribution in [3.8, 4) is 11.1 Å². The van der Waals surface area contributed by atoms with Gasteiger partial charge in [0.1, 0.15) is 5.76 Å². The highest BCUT2D eigenvalue weighted by Crippen LogP contribution is 2.35. The SMILES string of the molecule is Cc1noc(C)c1-c1ccc2c(c1)CCN(C(=O)c1cc3ncc(Cl)cn3n1)C2C. The summed E-state index contributed by atoms with van der Waals surface area (Å²) in [6.45, 7) is 6.55. The van der Waals surface area contributed by atoms with Crippen LogP contribution in [0.3, 0.4) is 0 Å². The summed E-state index contributed by atoms with van der Waals surface area (Å²) < 4.78 is 6.86. The van der Waals surface area contributed by atoms with Crippen molar-refractivity contribution in [2.45, 2.75) is 33.2 Å². The molecule has 0 radical (unpaired) electrons. The van der Waals surface area contributed by atoms with Crippen LogP contribution in [0.5, 0.6) is 0 Å². The Morgan fingerprint density at radius 1 is 1.27 bits per heavy atom. The van der Waals surface area contributed by atoms with Gasteiger partial charge in [-0.2, -0.15) is 5.10 Å². The largest absolute Gasteiger partial charge is 0.361 e. The number of aryl methyl sites for hydroxylation is 2. The van der Waals surface area contributed by atoms with Crippen LogP contribution < -0.4 is 0 Å². The molecule has 1 aromatic carbocycles. The first-order chi connectivity index (χ1) is 14.4. The standard InChI is InChI=1S/C22H20ClN5O2/c1-12-21(14(3)30-26-12)16-4-5-18-13(2)27(7-6-15(18)8-16)22(29)19-9-20-24-10-17(23)11-28(20)25-19/h4-5,8-11,13H,6-7H2,1-3H3. The number of amides is 1. The number of nitrogens with zero attached hydrogens (tertiary/aromatic N) is 5. The maximum atomic E-state index is 13.2. The zero-order chi connectivity index (χ0) is 21.0. The quantitative estimate of drug-likeness (QED) is 0.479. The second-order valence-electron chi connectivity index (χ2n) is 7.64. The summed E-state index contributed by atoms with van der Waals surface area (Å²) in [5, 5.41) is 8.90. The summed E-state index contributed by atoms with van der Waals surface area (Å²) >= 11 is 5.98. The fourth-order valence-electron chi connectivity index (χ4n) is 4.27. The highest BCUT2D eigenvalue weighted by Gasteiger charge is 2.30. The third kappa shape index (κ3) is 2.97. The lowest BCUT2D eigenvalue weighted by Gasteiger charge is -2.35. The second kappa shape index (κ2) is 6.95. The van der Waals surface area contributed by atoms with Gasteiger partial charge in [-0.05, 0) is 43.9 Å². The van der Waals surface area contributed by atoms with Gasteiger partial charge in [0.2, 0.25) is 0 Å². The molecule has 1 atom stereocenters. The number of hydrogen-bond acceptors (Lipinski definition) is 5. The summed E-state index contributed by atoms with van der Waals surface area (Å²) in [6, 6.07) is 8.01. The average molecular weight is 422 g/mol. The summed E-state index contributed by atoms with van der Waals surface area (Å²) in [7, 11) is 0. The van der Waals surface area contributed by atoms with E-state index < -0.39 is 0 Å². The molecule has 0 aliphatic carbocycles. The van der Waals surface area contributed by atoms with Crippen molar-refractivity contribution in [1.82, 2.24) is 24.7 Å². The van der Waals surface area contributed by atoms with Crippen molar-refractivity contribution in [2.75, 3.05) is 6.54 Å². The van der Waals surface area contributed by atoms with E-state index in [1.807, 2.05) is 18.7 Å². The molecule has 0 saturated heterocycles. The molecular weight excluding hydrogens is 402 g/mol. The van der Waals surface area contributed by atoms with E-state index >= 15 is 0 Å². The van der Waals surface area contributed by atoms with Crippen molar-refractivity contribution in [2.24, 2.45) is 0 Å². The number of benzene rings is 1. The maximum Gasteiger partial charge on any atom is 0.274 e. The minimum atomic E-state index is -0.107. The van der Waals surface area contributed by atoms with Gasteiger partial charge in [0.15, 0.2) is 11.3 Å². The summed E-state index contributed by atoms with van der Waals surface area (Å²) in [5.74, 6) is 0.707. The van der Waals surface area contributed by atoms with Crippen LogP contribution in [-0.4, -0.2) is 37.1 Å². The summed E-state index contributed by atoms with van der Waals surface area (Å²) in [4.78, 5) is 19.3. The molecule has 4 aromatic rings. The van der Waals surface area contributed by atoms with Crippen molar-refractivity contribution in [1.29, 1.82) is 0 Å². The number of fused-ring (bicyclic) bond motifs is 2. The Hall–Kier alpha value is -3.19. The van der Waals surface area contributed by atoms with Crippen LogP contribution in [0, 0.1) is 13.8 Å². The highest BCUT2D eigenvalue weighted by atomic mass is 35.5. The first-order valence-corrected chi connectivity index (χ1v) is 10.2. The van der Waals surface area contributed by atoms with E-state index in [0.717, 1.165) is 34.6 Å². The number of rotatable bonds is 2. The molecule has 152 valence electrons. The molecule has 8 heteroatoms. The summed E-state index contributed by atoms with van der Waals surface area (Å²) in [6.07, 6.45) is 3.97. The van der Waals surface area contributed by atoms with Crippen molar-refractivity contribution in [3.63, 3.8) is 0 Å². The van der Waals surface area contributed by atoms with Gasteiger partial charge in [0, 0.05) is 24.4 Å². The number of hydrogen-bond donors (Lipinski definition) is 0. The molecule has 30 heavy (non-hydrogen) atoms. The van der Waals surface area contributed by atoms with Gasteiger partial charge in [0.25, 0.3) is 5.91 Å². The van der Waals surface area contributed by atoms with Crippen LogP contribution in [-0.2, 0) is 6.42 Å². The van der Waals surface area contributed by atoms with E-state index in [2.05, 4.69) is 40.4 Å². The van der Waals surface area contributed by atoms with Crippen molar-refractivity contribution < 1.29 is 9.32 Å². The Labute approximate surface area is 178 Å². The highest BCUT2D eigenvalue weighted by molar-refractivity contribution is 6.30. The van der Waals surface area contributed by atoms with E-state index in [0.29, 0.717) is 22.9 Å². The van der Waals surface area contributed by atoms with Crippen LogP contribution in [0.15, 0.2) is 41.2 Å². The molecule has 1 aliphatic heterocycles. The number of carbonyl (C=O) groups excluding carboxylic acids is 1.